The summed E-state index contributed by atoms with van der Waals surface area (Å²) in [6, 6.07) is 5.83. The molecule has 0 spiro atoms. The van der Waals surface area contributed by atoms with Crippen LogP contribution in [0.25, 0.3) is 0 Å². The Kier molecular flexibility index (Phi) is 6.30. The zero-order chi connectivity index (χ0) is 16.2. The highest BCUT2D eigenvalue weighted by Crippen LogP contribution is 2.20. The van der Waals surface area contributed by atoms with Gasteiger partial charge in [0.15, 0.2) is 0 Å². The summed E-state index contributed by atoms with van der Waals surface area (Å²) in [4.78, 5) is 18.8. The Balaban J connectivity index is 0.00000208. The summed E-state index contributed by atoms with van der Waals surface area (Å²) in [5.41, 5.74) is 0.597. The third kappa shape index (κ3) is 4.31. The van der Waals surface area contributed by atoms with Gasteiger partial charge in [0.05, 0.1) is 12.6 Å². The Bertz CT molecular complexity index is 675. The van der Waals surface area contributed by atoms with Gasteiger partial charge in [0.2, 0.25) is 5.91 Å². The number of hydrogen-bond acceptors (Lipinski definition) is 4. The minimum atomic E-state index is -0.319. The Morgan fingerprint density at radius 1 is 1.42 bits per heavy atom. The molecule has 2 aromatic rings. The van der Waals surface area contributed by atoms with E-state index in [0.717, 1.165) is 25.5 Å². The summed E-state index contributed by atoms with van der Waals surface area (Å²) >= 11 is 0. The number of carbonyl (C=O) groups is 1. The minimum absolute atomic E-state index is 0. The van der Waals surface area contributed by atoms with E-state index in [4.69, 9.17) is 0 Å². The van der Waals surface area contributed by atoms with Crippen molar-refractivity contribution in [3.63, 3.8) is 0 Å². The number of benzene rings is 1. The molecule has 130 valence electrons. The first-order chi connectivity index (χ1) is 11.1. The van der Waals surface area contributed by atoms with Gasteiger partial charge in [-0.2, -0.15) is 0 Å². The van der Waals surface area contributed by atoms with Crippen LogP contribution >= 0.6 is 12.4 Å². The molecule has 1 aliphatic heterocycles. The monoisotopic (exact) mass is 353 g/mol. The van der Waals surface area contributed by atoms with Gasteiger partial charge in [-0.1, -0.05) is 0 Å². The lowest BCUT2D eigenvalue weighted by Gasteiger charge is -2.35. The van der Waals surface area contributed by atoms with E-state index in [1.54, 1.807) is 18.3 Å². The van der Waals surface area contributed by atoms with Crippen molar-refractivity contribution in [1.29, 1.82) is 0 Å². The number of imidazole rings is 1. The highest BCUT2D eigenvalue weighted by atomic mass is 35.5. The van der Waals surface area contributed by atoms with E-state index < -0.39 is 0 Å². The van der Waals surface area contributed by atoms with Gasteiger partial charge in [-0.25, -0.2) is 9.37 Å². The first kappa shape index (κ1) is 18.4. The van der Waals surface area contributed by atoms with E-state index in [2.05, 4.69) is 20.5 Å². The zero-order valence-electron chi connectivity index (χ0n) is 13.4. The van der Waals surface area contributed by atoms with Crippen LogP contribution < -0.4 is 10.6 Å². The average Bonchev–Trinajstić information content (AvgIpc) is 2.96. The van der Waals surface area contributed by atoms with Crippen LogP contribution in [0.5, 0.6) is 0 Å². The second-order valence-corrected chi connectivity index (χ2v) is 5.64. The Morgan fingerprint density at radius 3 is 2.83 bits per heavy atom. The largest absolute Gasteiger partial charge is 0.337 e. The first-order valence-electron chi connectivity index (χ1n) is 7.61. The SMILES string of the molecule is Cl.Cn1ccnc1C1CNCCN1CC(=O)Nc1ccc(F)cc1. The van der Waals surface area contributed by atoms with Crippen molar-refractivity contribution in [2.45, 2.75) is 6.04 Å². The third-order valence-electron chi connectivity index (χ3n) is 3.99. The number of aryl methyl sites for hydroxylation is 1. The highest BCUT2D eigenvalue weighted by Gasteiger charge is 2.28. The molecule has 1 atom stereocenters. The average molecular weight is 354 g/mol. The molecule has 1 unspecified atom stereocenters. The predicted molar refractivity (Wildman–Crippen MR) is 92.7 cm³/mol. The number of anilines is 1. The normalized spacial score (nSPS) is 18.0. The molecule has 1 aromatic heterocycles. The van der Waals surface area contributed by atoms with Gasteiger partial charge in [0.25, 0.3) is 0 Å². The molecule has 2 N–H and O–H groups in total. The van der Waals surface area contributed by atoms with Gasteiger partial charge in [0, 0.05) is 44.8 Å². The lowest BCUT2D eigenvalue weighted by Crippen LogP contribution is -2.49. The molecule has 1 aromatic carbocycles. The molecular weight excluding hydrogens is 333 g/mol. The van der Waals surface area contributed by atoms with Crippen molar-refractivity contribution in [3.05, 3.63) is 48.3 Å². The number of hydrogen-bond donors (Lipinski definition) is 2. The number of amides is 1. The van der Waals surface area contributed by atoms with Gasteiger partial charge >= 0.3 is 0 Å². The highest BCUT2D eigenvalue weighted by molar-refractivity contribution is 5.92. The fourth-order valence-electron chi connectivity index (χ4n) is 2.81. The van der Waals surface area contributed by atoms with Crippen LogP contribution in [0.2, 0.25) is 0 Å². The fraction of sp³-hybridized carbons (Fsp3) is 0.375. The van der Waals surface area contributed by atoms with Crippen LogP contribution in [0.4, 0.5) is 10.1 Å². The number of halogens is 2. The zero-order valence-corrected chi connectivity index (χ0v) is 14.2. The van der Waals surface area contributed by atoms with Gasteiger partial charge in [-0.05, 0) is 24.3 Å². The van der Waals surface area contributed by atoms with E-state index in [1.165, 1.54) is 12.1 Å². The third-order valence-corrected chi connectivity index (χ3v) is 3.99. The molecule has 0 radical (unpaired) electrons. The lowest BCUT2D eigenvalue weighted by atomic mass is 10.1. The number of rotatable bonds is 4. The molecule has 1 amide bonds. The van der Waals surface area contributed by atoms with E-state index >= 15 is 0 Å². The molecule has 3 rings (SSSR count). The van der Waals surface area contributed by atoms with Gasteiger partial charge in [-0.15, -0.1) is 12.4 Å². The first-order valence-corrected chi connectivity index (χ1v) is 7.61. The van der Waals surface area contributed by atoms with Crippen LogP contribution in [0.1, 0.15) is 11.9 Å². The van der Waals surface area contributed by atoms with Gasteiger partial charge in [-0.3, -0.25) is 9.69 Å². The van der Waals surface area contributed by atoms with E-state index in [-0.39, 0.29) is 36.7 Å². The minimum Gasteiger partial charge on any atom is -0.337 e. The maximum absolute atomic E-state index is 12.9. The van der Waals surface area contributed by atoms with Crippen molar-refractivity contribution in [2.75, 3.05) is 31.5 Å². The predicted octanol–water partition coefficient (Wildman–Crippen LogP) is 1.57. The number of piperazine rings is 1. The summed E-state index contributed by atoms with van der Waals surface area (Å²) in [6.07, 6.45) is 3.67. The second-order valence-electron chi connectivity index (χ2n) is 5.64. The van der Waals surface area contributed by atoms with Crippen LogP contribution in [-0.2, 0) is 11.8 Å². The molecule has 0 saturated carbocycles. The number of aromatic nitrogens is 2. The van der Waals surface area contributed by atoms with E-state index in [9.17, 15) is 9.18 Å². The number of nitrogens with zero attached hydrogens (tertiary/aromatic N) is 3. The van der Waals surface area contributed by atoms with Crippen LogP contribution in [0, 0.1) is 5.82 Å². The van der Waals surface area contributed by atoms with E-state index in [0.29, 0.717) is 5.69 Å². The molecule has 0 bridgehead atoms. The molecule has 1 saturated heterocycles. The molecule has 1 aliphatic rings. The molecule has 24 heavy (non-hydrogen) atoms. The maximum Gasteiger partial charge on any atom is 0.238 e. The van der Waals surface area contributed by atoms with Crippen molar-refractivity contribution in [3.8, 4) is 0 Å². The topological polar surface area (TPSA) is 62.2 Å². The van der Waals surface area contributed by atoms with Crippen molar-refractivity contribution >= 4 is 24.0 Å². The lowest BCUT2D eigenvalue weighted by molar-refractivity contribution is -0.118. The van der Waals surface area contributed by atoms with Crippen molar-refractivity contribution in [2.24, 2.45) is 7.05 Å². The molecule has 0 aliphatic carbocycles. The summed E-state index contributed by atoms with van der Waals surface area (Å²) in [5, 5.41) is 6.14. The van der Waals surface area contributed by atoms with Crippen molar-refractivity contribution in [1.82, 2.24) is 19.8 Å². The molecular formula is C16H21ClFN5O. The number of nitrogens with one attached hydrogen (secondary N) is 2. The van der Waals surface area contributed by atoms with Crippen LogP contribution in [0.3, 0.4) is 0 Å². The summed E-state index contributed by atoms with van der Waals surface area (Å²) < 4.78 is 14.9. The standard InChI is InChI=1S/C16H20FN5O.ClH/c1-21-8-7-19-16(21)14-10-18-6-9-22(14)11-15(23)20-13-4-2-12(17)3-5-13;/h2-5,7-8,14,18H,6,9-11H2,1H3,(H,20,23);1H. The summed E-state index contributed by atoms with van der Waals surface area (Å²) in [7, 11) is 1.95. The Labute approximate surface area is 146 Å². The summed E-state index contributed by atoms with van der Waals surface area (Å²) in [5.74, 6) is 0.504. The molecule has 8 heteroatoms. The smallest absolute Gasteiger partial charge is 0.238 e. The molecule has 1 fully saturated rings. The quantitative estimate of drug-likeness (QED) is 0.875. The molecule has 6 nitrogen and oxygen atoms in total. The Morgan fingerprint density at radius 2 is 2.17 bits per heavy atom. The maximum atomic E-state index is 12.9. The van der Waals surface area contributed by atoms with Crippen molar-refractivity contribution < 1.29 is 9.18 Å². The molecule has 2 heterocycles. The van der Waals surface area contributed by atoms with E-state index in [1.807, 2.05) is 17.8 Å². The summed E-state index contributed by atoms with van der Waals surface area (Å²) in [6.45, 7) is 2.64. The second kappa shape index (κ2) is 8.23. The fourth-order valence-corrected chi connectivity index (χ4v) is 2.81. The number of carbonyl (C=O) groups excluding carboxylic acids is 1. The van der Waals surface area contributed by atoms with Gasteiger partial charge in [0.1, 0.15) is 11.6 Å². The Hall–Kier alpha value is -1.96. The van der Waals surface area contributed by atoms with Crippen LogP contribution in [-0.4, -0.2) is 46.5 Å². The van der Waals surface area contributed by atoms with Gasteiger partial charge < -0.3 is 15.2 Å². The van der Waals surface area contributed by atoms with Crippen LogP contribution in [0.15, 0.2) is 36.7 Å².